The average molecular weight is 568 g/mol. The fourth-order valence-electron chi connectivity index (χ4n) is 5.39. The van der Waals surface area contributed by atoms with Crippen LogP contribution in [0.5, 0.6) is 0 Å². The van der Waals surface area contributed by atoms with Gasteiger partial charge in [-0.05, 0) is 58.4 Å². The summed E-state index contributed by atoms with van der Waals surface area (Å²) in [5, 5.41) is 0. The molecule has 0 aliphatic carbocycles. The lowest BCUT2D eigenvalue weighted by Gasteiger charge is -2.49. The van der Waals surface area contributed by atoms with Gasteiger partial charge < -0.3 is 23.8 Å². The molecule has 0 saturated carbocycles. The summed E-state index contributed by atoms with van der Waals surface area (Å²) in [6.45, 7) is 19.4. The Balaban J connectivity index is 2.06. The number of hydrogen-bond donors (Lipinski definition) is 0. The van der Waals surface area contributed by atoms with Crippen molar-refractivity contribution in [1.82, 2.24) is 4.90 Å². The minimum absolute atomic E-state index is 0.0371. The molecule has 2 heterocycles. The molecule has 2 aliphatic heterocycles. The molecule has 2 aliphatic rings. The van der Waals surface area contributed by atoms with E-state index in [1.165, 1.54) is 0 Å². The van der Waals surface area contributed by atoms with Crippen molar-refractivity contribution in [3.05, 3.63) is 0 Å². The molecule has 0 amide bonds. The summed E-state index contributed by atoms with van der Waals surface area (Å²) in [7, 11) is 2.09. The number of cyclic esters (lactones) is 1. The summed E-state index contributed by atoms with van der Waals surface area (Å²) in [4.78, 5) is 41.3. The van der Waals surface area contributed by atoms with Gasteiger partial charge in [0.15, 0.2) is 6.29 Å². The molecule has 8 nitrogen and oxygen atoms in total. The van der Waals surface area contributed by atoms with E-state index in [4.69, 9.17) is 18.9 Å². The SMILES string of the molecule is CC1C[C@H](OC2CCCCCC(=O)CC(OC(=O)C(C)(C)C(C)(C)C(C)(C)C)CCOC(=O)C2)O[C@@H](C)CN1C. The van der Waals surface area contributed by atoms with Crippen LogP contribution in [0.25, 0.3) is 0 Å². The second-order valence-corrected chi connectivity index (χ2v) is 14.2. The van der Waals surface area contributed by atoms with E-state index >= 15 is 0 Å². The van der Waals surface area contributed by atoms with Gasteiger partial charge in [-0.1, -0.05) is 47.5 Å². The Morgan fingerprint density at radius 3 is 2.25 bits per heavy atom. The van der Waals surface area contributed by atoms with Crippen LogP contribution in [0, 0.1) is 16.2 Å². The van der Waals surface area contributed by atoms with Crippen molar-refractivity contribution in [3.63, 3.8) is 0 Å². The third-order valence-corrected chi connectivity index (χ3v) is 9.82. The predicted molar refractivity (Wildman–Crippen MR) is 156 cm³/mol. The highest BCUT2D eigenvalue weighted by molar-refractivity contribution is 5.80. The van der Waals surface area contributed by atoms with Crippen LogP contribution in [0.1, 0.15) is 120 Å². The fraction of sp³-hybridized carbons (Fsp3) is 0.906. The van der Waals surface area contributed by atoms with Crippen molar-refractivity contribution in [3.8, 4) is 0 Å². The lowest BCUT2D eigenvalue weighted by molar-refractivity contribution is -0.194. The van der Waals surface area contributed by atoms with Gasteiger partial charge in [0.05, 0.1) is 30.7 Å². The number of esters is 2. The zero-order valence-corrected chi connectivity index (χ0v) is 27.0. The molecule has 0 aromatic rings. The normalized spacial score (nSPS) is 29.7. The number of ketones is 1. The standard InChI is InChI=1S/C32H57NO7/c1-22-18-28(38-23(2)21-33(22)10)39-25-15-13-11-12-14-24(34)19-26(16-17-37-27(35)20-25)40-29(36)31(6,7)32(8,9)30(3,4)5/h22-23,25-26,28H,11-21H2,1-10H3/t22?,23-,25?,26?,28-/m0/s1. The maximum atomic E-state index is 13.4. The minimum atomic E-state index is -0.779. The molecule has 2 saturated heterocycles. The molecule has 0 spiro atoms. The number of Topliss-reactive ketones (excluding diaryl/α,β-unsaturated/α-hetero) is 1. The van der Waals surface area contributed by atoms with Gasteiger partial charge in [0.2, 0.25) is 0 Å². The van der Waals surface area contributed by atoms with Gasteiger partial charge in [-0.3, -0.25) is 14.4 Å². The van der Waals surface area contributed by atoms with Crippen molar-refractivity contribution < 1.29 is 33.3 Å². The van der Waals surface area contributed by atoms with Gasteiger partial charge >= 0.3 is 11.9 Å². The van der Waals surface area contributed by atoms with E-state index in [0.717, 1.165) is 32.2 Å². The zero-order valence-electron chi connectivity index (χ0n) is 27.0. The third kappa shape index (κ3) is 9.80. The summed E-state index contributed by atoms with van der Waals surface area (Å²) >= 11 is 0. The highest BCUT2D eigenvalue weighted by Crippen LogP contribution is 2.51. The second kappa shape index (κ2) is 14.6. The van der Waals surface area contributed by atoms with Crippen LogP contribution in [0.3, 0.4) is 0 Å². The number of carbonyl (C=O) groups excluding carboxylic acids is 3. The Bertz CT molecular complexity index is 847. The summed E-state index contributed by atoms with van der Waals surface area (Å²) in [6.07, 6.45) is 3.65. The molecule has 0 radical (unpaired) electrons. The summed E-state index contributed by atoms with van der Waals surface area (Å²) in [6, 6.07) is 0.310. The highest BCUT2D eigenvalue weighted by Gasteiger charge is 2.51. The molecule has 40 heavy (non-hydrogen) atoms. The van der Waals surface area contributed by atoms with Crippen molar-refractivity contribution in [1.29, 1.82) is 0 Å². The Kier molecular flexibility index (Phi) is 12.7. The average Bonchev–Trinajstić information content (AvgIpc) is 2.93. The molecular weight excluding hydrogens is 510 g/mol. The van der Waals surface area contributed by atoms with E-state index in [1.54, 1.807) is 0 Å². The van der Waals surface area contributed by atoms with Crippen LogP contribution in [0.4, 0.5) is 0 Å². The number of rotatable bonds is 5. The Labute approximate surface area is 243 Å². The first-order valence-corrected chi connectivity index (χ1v) is 15.3. The van der Waals surface area contributed by atoms with Gasteiger partial charge in [0.25, 0.3) is 0 Å². The smallest absolute Gasteiger partial charge is 0.312 e. The van der Waals surface area contributed by atoms with Crippen LogP contribution in [0.2, 0.25) is 0 Å². The summed E-state index contributed by atoms with van der Waals surface area (Å²) < 4.78 is 24.0. The first-order valence-electron chi connectivity index (χ1n) is 15.3. The first kappa shape index (κ1) is 34.7. The quantitative estimate of drug-likeness (QED) is 0.369. The lowest BCUT2D eigenvalue weighted by Crippen LogP contribution is -2.49. The molecule has 5 atom stereocenters. The van der Waals surface area contributed by atoms with Crippen LogP contribution >= 0.6 is 0 Å². The van der Waals surface area contributed by atoms with Crippen molar-refractivity contribution >= 4 is 17.7 Å². The van der Waals surface area contributed by atoms with Crippen molar-refractivity contribution in [2.24, 2.45) is 16.2 Å². The van der Waals surface area contributed by atoms with Crippen LogP contribution < -0.4 is 0 Å². The van der Waals surface area contributed by atoms with Gasteiger partial charge in [0.1, 0.15) is 11.9 Å². The number of nitrogens with zero attached hydrogens (tertiary/aromatic N) is 1. The number of ether oxygens (including phenoxy) is 4. The molecule has 0 N–H and O–H groups in total. The van der Waals surface area contributed by atoms with Gasteiger partial charge in [-0.2, -0.15) is 0 Å². The maximum absolute atomic E-state index is 13.4. The largest absolute Gasteiger partial charge is 0.465 e. The Morgan fingerprint density at radius 2 is 1.60 bits per heavy atom. The topological polar surface area (TPSA) is 91.4 Å². The number of hydrogen-bond acceptors (Lipinski definition) is 8. The van der Waals surface area contributed by atoms with Gasteiger partial charge in [-0.15, -0.1) is 0 Å². The van der Waals surface area contributed by atoms with Gasteiger partial charge in [-0.25, -0.2) is 0 Å². The third-order valence-electron chi connectivity index (χ3n) is 9.82. The molecule has 2 rings (SSSR count). The van der Waals surface area contributed by atoms with E-state index in [1.807, 2.05) is 20.8 Å². The summed E-state index contributed by atoms with van der Waals surface area (Å²) in [5.74, 6) is -0.607. The van der Waals surface area contributed by atoms with E-state index in [2.05, 4.69) is 53.5 Å². The molecule has 3 unspecified atom stereocenters. The van der Waals surface area contributed by atoms with Crippen LogP contribution in [0.15, 0.2) is 0 Å². The molecule has 8 heteroatoms. The van der Waals surface area contributed by atoms with Crippen LogP contribution in [-0.2, 0) is 33.3 Å². The van der Waals surface area contributed by atoms with Crippen LogP contribution in [-0.4, -0.2) is 73.5 Å². The predicted octanol–water partition coefficient (Wildman–Crippen LogP) is 6.08. The zero-order chi connectivity index (χ0) is 30.3. The van der Waals surface area contributed by atoms with E-state index in [0.29, 0.717) is 18.9 Å². The molecule has 2 fully saturated rings. The molecule has 232 valence electrons. The second-order valence-electron chi connectivity index (χ2n) is 14.2. The Hall–Kier alpha value is -1.51. The van der Waals surface area contributed by atoms with E-state index in [-0.39, 0.29) is 72.9 Å². The highest BCUT2D eigenvalue weighted by atomic mass is 16.7. The summed E-state index contributed by atoms with van der Waals surface area (Å²) in [5.41, 5.74) is -1.29. The molecular formula is C32H57NO7. The molecule has 0 aromatic heterocycles. The monoisotopic (exact) mass is 567 g/mol. The molecule has 0 bridgehead atoms. The maximum Gasteiger partial charge on any atom is 0.312 e. The molecule has 0 aromatic carbocycles. The van der Waals surface area contributed by atoms with E-state index < -0.39 is 11.5 Å². The minimum Gasteiger partial charge on any atom is -0.465 e. The van der Waals surface area contributed by atoms with Crippen molar-refractivity contribution in [2.75, 3.05) is 20.2 Å². The van der Waals surface area contributed by atoms with Crippen molar-refractivity contribution in [2.45, 2.75) is 151 Å². The Morgan fingerprint density at radius 1 is 0.925 bits per heavy atom. The number of likely N-dealkylation sites (N-methyl/N-ethyl adjacent to an activating group) is 1. The number of carbonyl (C=O) groups is 3. The first-order chi connectivity index (χ1) is 18.4. The fourth-order valence-corrected chi connectivity index (χ4v) is 5.39. The lowest BCUT2D eigenvalue weighted by atomic mass is 9.55. The van der Waals surface area contributed by atoms with E-state index in [9.17, 15) is 14.4 Å². The van der Waals surface area contributed by atoms with Gasteiger partial charge in [0, 0.05) is 38.3 Å².